The minimum Gasteiger partial charge on any atom is -0.337 e. The fourth-order valence-corrected chi connectivity index (χ4v) is 4.46. The number of allylic oxidation sites excluding steroid dienone is 2. The molecule has 3 rings (SSSR count). The van der Waals surface area contributed by atoms with E-state index >= 15 is 0 Å². The summed E-state index contributed by atoms with van der Waals surface area (Å²) in [6, 6.07) is 1.05. The molecule has 0 aromatic carbocycles. The van der Waals surface area contributed by atoms with Gasteiger partial charge in [-0.05, 0) is 70.3 Å². The van der Waals surface area contributed by atoms with Crippen LogP contribution >= 0.6 is 0 Å². The van der Waals surface area contributed by atoms with Gasteiger partial charge in [-0.25, -0.2) is 0 Å². The molecule has 1 amide bonds. The van der Waals surface area contributed by atoms with Gasteiger partial charge in [-0.15, -0.1) is 0 Å². The highest BCUT2D eigenvalue weighted by molar-refractivity contribution is 5.74. The van der Waals surface area contributed by atoms with E-state index in [2.05, 4.69) is 22.0 Å². The van der Waals surface area contributed by atoms with Crippen LogP contribution in [-0.2, 0) is 4.79 Å². The number of hydrogen-bond donors (Lipinski definition) is 0. The van der Waals surface area contributed by atoms with Gasteiger partial charge in [0.1, 0.15) is 0 Å². The van der Waals surface area contributed by atoms with Crippen LogP contribution in [0.3, 0.4) is 0 Å². The van der Waals surface area contributed by atoms with Crippen LogP contribution in [0, 0.1) is 5.92 Å². The van der Waals surface area contributed by atoms with Crippen LogP contribution in [0.2, 0.25) is 0 Å². The SMILES string of the molecule is CC(=O)N(C1CCC1)[C@H]1CCCN(C[C@@H]2CC=CCC2)CC1. The minimum atomic E-state index is 0.306. The molecule has 1 saturated carbocycles. The van der Waals surface area contributed by atoms with Gasteiger partial charge in [0, 0.05) is 32.1 Å². The van der Waals surface area contributed by atoms with Crippen molar-refractivity contribution in [1.82, 2.24) is 9.80 Å². The van der Waals surface area contributed by atoms with Gasteiger partial charge in [-0.3, -0.25) is 4.79 Å². The summed E-state index contributed by atoms with van der Waals surface area (Å²) in [5, 5.41) is 0. The zero-order chi connectivity index (χ0) is 15.4. The van der Waals surface area contributed by atoms with Crippen LogP contribution in [0.25, 0.3) is 0 Å². The van der Waals surface area contributed by atoms with Crippen LogP contribution in [-0.4, -0.2) is 47.4 Å². The number of hydrogen-bond acceptors (Lipinski definition) is 2. The van der Waals surface area contributed by atoms with Crippen molar-refractivity contribution in [1.29, 1.82) is 0 Å². The van der Waals surface area contributed by atoms with Crippen molar-refractivity contribution in [3.8, 4) is 0 Å². The smallest absolute Gasteiger partial charge is 0.219 e. The van der Waals surface area contributed by atoms with E-state index in [0.717, 1.165) is 5.92 Å². The molecule has 2 fully saturated rings. The van der Waals surface area contributed by atoms with Crippen molar-refractivity contribution < 1.29 is 4.79 Å². The third-order valence-electron chi connectivity index (χ3n) is 5.91. The second kappa shape index (κ2) is 7.63. The topological polar surface area (TPSA) is 23.6 Å². The lowest BCUT2D eigenvalue weighted by atomic mass is 9.89. The fourth-order valence-electron chi connectivity index (χ4n) is 4.46. The summed E-state index contributed by atoms with van der Waals surface area (Å²) < 4.78 is 0. The third kappa shape index (κ3) is 3.92. The molecule has 0 N–H and O–H groups in total. The van der Waals surface area contributed by atoms with Gasteiger partial charge in [-0.1, -0.05) is 12.2 Å². The van der Waals surface area contributed by atoms with Crippen LogP contribution in [0.5, 0.6) is 0 Å². The first-order valence-electron chi connectivity index (χ1n) is 9.40. The molecule has 1 saturated heterocycles. The molecule has 2 aliphatic carbocycles. The van der Waals surface area contributed by atoms with Crippen molar-refractivity contribution in [2.45, 2.75) is 76.8 Å². The van der Waals surface area contributed by atoms with Gasteiger partial charge < -0.3 is 9.80 Å². The molecule has 22 heavy (non-hydrogen) atoms. The van der Waals surface area contributed by atoms with E-state index in [4.69, 9.17) is 0 Å². The molecule has 1 aliphatic heterocycles. The molecule has 0 unspecified atom stereocenters. The average Bonchev–Trinajstić information content (AvgIpc) is 2.69. The van der Waals surface area contributed by atoms with Crippen LogP contribution in [0.4, 0.5) is 0 Å². The van der Waals surface area contributed by atoms with Gasteiger partial charge in [0.25, 0.3) is 0 Å². The predicted molar refractivity (Wildman–Crippen MR) is 90.7 cm³/mol. The molecule has 3 heteroatoms. The maximum atomic E-state index is 12.1. The van der Waals surface area contributed by atoms with E-state index in [1.807, 2.05) is 0 Å². The Morgan fingerprint density at radius 3 is 2.45 bits per heavy atom. The Bertz CT molecular complexity index is 402. The Balaban J connectivity index is 1.52. The molecular weight excluding hydrogens is 272 g/mol. The molecule has 124 valence electrons. The third-order valence-corrected chi connectivity index (χ3v) is 5.91. The Hall–Kier alpha value is -0.830. The van der Waals surface area contributed by atoms with Crippen LogP contribution < -0.4 is 0 Å². The first-order valence-corrected chi connectivity index (χ1v) is 9.40. The first-order chi connectivity index (χ1) is 10.7. The van der Waals surface area contributed by atoms with E-state index < -0.39 is 0 Å². The number of nitrogens with zero attached hydrogens (tertiary/aromatic N) is 2. The lowest BCUT2D eigenvalue weighted by Crippen LogP contribution is -2.49. The lowest BCUT2D eigenvalue weighted by Gasteiger charge is -2.42. The number of carbonyl (C=O) groups excluding carboxylic acids is 1. The lowest BCUT2D eigenvalue weighted by molar-refractivity contribution is -0.136. The maximum absolute atomic E-state index is 12.1. The summed E-state index contributed by atoms with van der Waals surface area (Å²) in [5.41, 5.74) is 0. The highest BCUT2D eigenvalue weighted by Crippen LogP contribution is 2.30. The second-order valence-electron chi connectivity index (χ2n) is 7.55. The van der Waals surface area contributed by atoms with Crippen molar-refractivity contribution in [3.63, 3.8) is 0 Å². The highest BCUT2D eigenvalue weighted by Gasteiger charge is 2.33. The van der Waals surface area contributed by atoms with E-state index in [9.17, 15) is 4.79 Å². The molecule has 0 radical (unpaired) electrons. The van der Waals surface area contributed by atoms with Crippen molar-refractivity contribution >= 4 is 5.91 Å². The second-order valence-corrected chi connectivity index (χ2v) is 7.55. The van der Waals surface area contributed by atoms with Crippen LogP contribution in [0.1, 0.15) is 64.7 Å². The summed E-state index contributed by atoms with van der Waals surface area (Å²) in [7, 11) is 0. The van der Waals surface area contributed by atoms with E-state index in [-0.39, 0.29) is 0 Å². The zero-order valence-electron chi connectivity index (χ0n) is 14.2. The normalized spacial score (nSPS) is 30.6. The van der Waals surface area contributed by atoms with E-state index in [1.165, 1.54) is 77.4 Å². The molecule has 3 aliphatic rings. The molecule has 1 heterocycles. The van der Waals surface area contributed by atoms with Crippen molar-refractivity contribution in [2.75, 3.05) is 19.6 Å². The first kappa shape index (κ1) is 16.0. The Labute approximate surface area is 135 Å². The Morgan fingerprint density at radius 2 is 1.82 bits per heavy atom. The molecule has 3 nitrogen and oxygen atoms in total. The van der Waals surface area contributed by atoms with E-state index in [1.54, 1.807) is 6.92 Å². The molecule has 2 atom stereocenters. The molecular formula is C19H32N2O. The van der Waals surface area contributed by atoms with Crippen LogP contribution in [0.15, 0.2) is 12.2 Å². The average molecular weight is 304 g/mol. The number of rotatable bonds is 4. The fraction of sp³-hybridized carbons (Fsp3) is 0.842. The zero-order valence-corrected chi connectivity index (χ0v) is 14.2. The molecule has 0 bridgehead atoms. The minimum absolute atomic E-state index is 0.306. The Kier molecular flexibility index (Phi) is 5.56. The molecule has 0 aromatic heterocycles. The molecule has 0 spiro atoms. The monoisotopic (exact) mass is 304 g/mol. The van der Waals surface area contributed by atoms with Crippen molar-refractivity contribution in [2.24, 2.45) is 5.92 Å². The van der Waals surface area contributed by atoms with E-state index in [0.29, 0.717) is 18.0 Å². The van der Waals surface area contributed by atoms with Gasteiger partial charge in [0.2, 0.25) is 5.91 Å². The van der Waals surface area contributed by atoms with Crippen molar-refractivity contribution in [3.05, 3.63) is 12.2 Å². The standard InChI is InChI=1S/C19H32N2O/c1-16(22)21(18-9-5-10-18)19-11-6-13-20(14-12-19)15-17-7-3-2-4-8-17/h2-3,17-19H,4-15H2,1H3/t17-,19+/m1/s1. The Morgan fingerprint density at radius 1 is 1.05 bits per heavy atom. The number of amides is 1. The quantitative estimate of drug-likeness (QED) is 0.741. The van der Waals surface area contributed by atoms with Gasteiger partial charge >= 0.3 is 0 Å². The largest absolute Gasteiger partial charge is 0.337 e. The summed E-state index contributed by atoms with van der Waals surface area (Å²) in [5.74, 6) is 1.16. The summed E-state index contributed by atoms with van der Waals surface area (Å²) in [6.07, 6.45) is 16.0. The van der Waals surface area contributed by atoms with Gasteiger partial charge in [-0.2, -0.15) is 0 Å². The molecule has 0 aromatic rings. The predicted octanol–water partition coefficient (Wildman–Crippen LogP) is 3.60. The number of carbonyl (C=O) groups is 1. The van der Waals surface area contributed by atoms with Gasteiger partial charge in [0.05, 0.1) is 0 Å². The van der Waals surface area contributed by atoms with Gasteiger partial charge in [0.15, 0.2) is 0 Å². The highest BCUT2D eigenvalue weighted by atomic mass is 16.2. The summed E-state index contributed by atoms with van der Waals surface area (Å²) >= 11 is 0. The summed E-state index contributed by atoms with van der Waals surface area (Å²) in [4.78, 5) is 17.0. The number of likely N-dealkylation sites (tertiary alicyclic amines) is 1. The maximum Gasteiger partial charge on any atom is 0.219 e. The summed E-state index contributed by atoms with van der Waals surface area (Å²) in [6.45, 7) is 5.45.